The molecule has 0 aromatic heterocycles. The monoisotopic (exact) mass is 309 g/mol. The van der Waals surface area contributed by atoms with E-state index in [9.17, 15) is 9.59 Å². The first kappa shape index (κ1) is 24.7. The summed E-state index contributed by atoms with van der Waals surface area (Å²) in [6.07, 6.45) is 7.81. The van der Waals surface area contributed by atoms with Gasteiger partial charge in [-0.2, -0.15) is 5.26 Å². The van der Waals surface area contributed by atoms with Gasteiger partial charge in [0.25, 0.3) is 0 Å². The van der Waals surface area contributed by atoms with E-state index in [4.69, 9.17) is 15.1 Å². The maximum absolute atomic E-state index is 10.6. The second-order valence-electron chi connectivity index (χ2n) is 4.49. The number of rotatable bonds is 8. The summed E-state index contributed by atoms with van der Waals surface area (Å²) in [7, 11) is 0. The lowest BCUT2D eigenvalue weighted by Gasteiger charge is -2.04. The minimum absolute atomic E-state index is 0.316. The molecule has 0 saturated carbocycles. The minimum Gasteiger partial charge on any atom is -0.478 e. The normalized spacial score (nSPS) is 8.09. The molecule has 0 rings (SSSR count). The van der Waals surface area contributed by atoms with Crippen LogP contribution in [0.25, 0.3) is 0 Å². The molecular weight excluding hydrogens is 282 g/mol. The molecule has 0 heterocycles. The maximum atomic E-state index is 10.6. The summed E-state index contributed by atoms with van der Waals surface area (Å²) in [5.74, 6) is -0.524. The molecule has 5 heteroatoms. The predicted molar refractivity (Wildman–Crippen MR) is 88.1 cm³/mol. The molecule has 0 amide bonds. The number of unbranched alkanes of at least 4 members (excludes halogenated alkanes) is 2. The Kier molecular flexibility index (Phi) is 23.5. The molecule has 124 valence electrons. The standard InChI is InChI=1S/C11H20O2.C3H3N.C3H4O2/c1-4-11(12)13-9-7-5-6-8-10(2)3;1-2-3-4;1-2-3(4)5/h4,10H,1,5-9H2,2-3H3;2H,1H2;2H,1H2,(H,4,5). The van der Waals surface area contributed by atoms with Crippen LogP contribution in [0.15, 0.2) is 38.0 Å². The molecule has 0 fully saturated rings. The molecule has 0 aliphatic heterocycles. The van der Waals surface area contributed by atoms with Crippen molar-refractivity contribution in [2.45, 2.75) is 39.5 Å². The molecule has 0 aliphatic carbocycles. The Morgan fingerprint density at radius 2 is 1.68 bits per heavy atom. The van der Waals surface area contributed by atoms with Crippen LogP contribution >= 0.6 is 0 Å². The Bertz CT molecular complexity index is 367. The topological polar surface area (TPSA) is 87.4 Å². The summed E-state index contributed by atoms with van der Waals surface area (Å²) >= 11 is 0. The molecule has 22 heavy (non-hydrogen) atoms. The highest BCUT2D eigenvalue weighted by Crippen LogP contribution is 2.07. The minimum atomic E-state index is -0.981. The number of carbonyl (C=O) groups is 2. The van der Waals surface area contributed by atoms with E-state index in [2.05, 4.69) is 33.6 Å². The summed E-state index contributed by atoms with van der Waals surface area (Å²) < 4.78 is 4.84. The Balaban J connectivity index is -0.000000330. The van der Waals surface area contributed by atoms with Crippen molar-refractivity contribution in [1.29, 1.82) is 5.26 Å². The number of hydrogen-bond acceptors (Lipinski definition) is 4. The van der Waals surface area contributed by atoms with Crippen LogP contribution in [-0.2, 0) is 14.3 Å². The van der Waals surface area contributed by atoms with E-state index in [-0.39, 0.29) is 5.97 Å². The van der Waals surface area contributed by atoms with Crippen molar-refractivity contribution in [3.05, 3.63) is 38.0 Å². The van der Waals surface area contributed by atoms with E-state index >= 15 is 0 Å². The smallest absolute Gasteiger partial charge is 0.330 e. The second-order valence-corrected chi connectivity index (χ2v) is 4.49. The number of carboxylic acids is 1. The van der Waals surface area contributed by atoms with E-state index in [1.54, 1.807) is 6.07 Å². The van der Waals surface area contributed by atoms with Gasteiger partial charge < -0.3 is 9.84 Å². The molecule has 0 spiro atoms. The number of carboxylic acid groups (broad SMARTS) is 1. The van der Waals surface area contributed by atoms with Gasteiger partial charge in [0, 0.05) is 18.2 Å². The first-order valence-corrected chi connectivity index (χ1v) is 7.00. The van der Waals surface area contributed by atoms with Crippen LogP contribution in [-0.4, -0.2) is 23.7 Å². The Morgan fingerprint density at radius 3 is 2.00 bits per heavy atom. The van der Waals surface area contributed by atoms with Crippen molar-refractivity contribution in [1.82, 2.24) is 0 Å². The van der Waals surface area contributed by atoms with Gasteiger partial charge in [-0.3, -0.25) is 0 Å². The molecule has 0 aromatic rings. The fraction of sp³-hybridized carbons (Fsp3) is 0.471. The molecule has 0 aliphatic rings. The lowest BCUT2D eigenvalue weighted by molar-refractivity contribution is -0.138. The molecule has 0 atom stereocenters. The summed E-state index contributed by atoms with van der Waals surface area (Å²) in [5.41, 5.74) is 0. The molecule has 0 unspecified atom stereocenters. The van der Waals surface area contributed by atoms with Crippen molar-refractivity contribution in [3.8, 4) is 6.07 Å². The van der Waals surface area contributed by atoms with Crippen LogP contribution in [0.2, 0.25) is 0 Å². The average molecular weight is 309 g/mol. The van der Waals surface area contributed by atoms with Gasteiger partial charge in [-0.25, -0.2) is 9.59 Å². The van der Waals surface area contributed by atoms with E-state index < -0.39 is 5.97 Å². The van der Waals surface area contributed by atoms with Crippen LogP contribution in [0.1, 0.15) is 39.5 Å². The molecule has 0 saturated heterocycles. The van der Waals surface area contributed by atoms with Gasteiger partial charge in [-0.05, 0) is 12.3 Å². The van der Waals surface area contributed by atoms with Gasteiger partial charge in [0.1, 0.15) is 0 Å². The first-order valence-electron chi connectivity index (χ1n) is 7.00. The number of carbonyl (C=O) groups excluding carboxylic acids is 1. The third kappa shape index (κ3) is 36.1. The quantitative estimate of drug-likeness (QED) is 0.318. The molecule has 0 aromatic carbocycles. The molecule has 0 radical (unpaired) electrons. The first-order chi connectivity index (χ1) is 10.3. The van der Waals surface area contributed by atoms with Crippen LogP contribution in [0.5, 0.6) is 0 Å². The molecule has 1 N–H and O–H groups in total. The fourth-order valence-electron chi connectivity index (χ4n) is 1.06. The number of esters is 1. The number of nitrogens with zero attached hydrogens (tertiary/aromatic N) is 1. The number of allylic oxidation sites excluding steroid dienone is 1. The summed E-state index contributed by atoms with van der Waals surface area (Å²) in [6.45, 7) is 14.4. The van der Waals surface area contributed by atoms with Gasteiger partial charge >= 0.3 is 11.9 Å². The second kappa shape index (κ2) is 21.0. The Labute approximate surface area is 133 Å². The van der Waals surface area contributed by atoms with Crippen molar-refractivity contribution in [2.24, 2.45) is 5.92 Å². The molecule has 5 nitrogen and oxygen atoms in total. The third-order valence-corrected chi connectivity index (χ3v) is 2.10. The van der Waals surface area contributed by atoms with Gasteiger partial charge in [0.15, 0.2) is 0 Å². The van der Waals surface area contributed by atoms with Gasteiger partial charge in [0.2, 0.25) is 0 Å². The lowest BCUT2D eigenvalue weighted by atomic mass is 10.1. The van der Waals surface area contributed by atoms with Crippen LogP contribution in [0, 0.1) is 17.2 Å². The van der Waals surface area contributed by atoms with Crippen molar-refractivity contribution < 1.29 is 19.4 Å². The Morgan fingerprint density at radius 1 is 1.18 bits per heavy atom. The highest BCUT2D eigenvalue weighted by atomic mass is 16.5. The molecule has 0 bridgehead atoms. The number of hydrogen-bond donors (Lipinski definition) is 1. The Hall–Kier alpha value is -2.35. The maximum Gasteiger partial charge on any atom is 0.330 e. The SMILES string of the molecule is C=CC#N.C=CC(=O)O.C=CC(=O)OCCCCCC(C)C. The zero-order valence-corrected chi connectivity index (χ0v) is 13.6. The zero-order valence-electron chi connectivity index (χ0n) is 13.6. The number of nitriles is 1. The van der Waals surface area contributed by atoms with E-state index in [0.29, 0.717) is 6.61 Å². The van der Waals surface area contributed by atoms with Gasteiger partial charge in [-0.15, -0.1) is 0 Å². The summed E-state index contributed by atoms with van der Waals surface area (Å²) in [6, 6.07) is 1.69. The van der Waals surface area contributed by atoms with E-state index in [1.807, 2.05) is 0 Å². The van der Waals surface area contributed by atoms with Crippen LogP contribution in [0.3, 0.4) is 0 Å². The van der Waals surface area contributed by atoms with Crippen molar-refractivity contribution in [2.75, 3.05) is 6.61 Å². The highest BCUT2D eigenvalue weighted by molar-refractivity contribution is 5.81. The van der Waals surface area contributed by atoms with Crippen molar-refractivity contribution in [3.63, 3.8) is 0 Å². The predicted octanol–water partition coefficient (Wildman–Crippen LogP) is 3.88. The van der Waals surface area contributed by atoms with Gasteiger partial charge in [0.05, 0.1) is 12.7 Å². The summed E-state index contributed by atoms with van der Waals surface area (Å²) in [5, 5.41) is 15.1. The van der Waals surface area contributed by atoms with Crippen molar-refractivity contribution >= 4 is 11.9 Å². The van der Waals surface area contributed by atoms with Crippen LogP contribution in [0.4, 0.5) is 0 Å². The fourth-order valence-corrected chi connectivity index (χ4v) is 1.06. The number of ether oxygens (including phenoxy) is 1. The largest absolute Gasteiger partial charge is 0.478 e. The third-order valence-electron chi connectivity index (χ3n) is 2.10. The van der Waals surface area contributed by atoms with E-state index in [1.165, 1.54) is 25.0 Å². The van der Waals surface area contributed by atoms with E-state index in [0.717, 1.165) is 24.8 Å². The van der Waals surface area contributed by atoms with Crippen LogP contribution < -0.4 is 0 Å². The highest BCUT2D eigenvalue weighted by Gasteiger charge is 1.96. The average Bonchev–Trinajstić information content (AvgIpc) is 2.50. The lowest BCUT2D eigenvalue weighted by Crippen LogP contribution is -2.01. The number of aliphatic carboxylic acids is 1. The van der Waals surface area contributed by atoms with Gasteiger partial charge in [-0.1, -0.05) is 52.8 Å². The summed E-state index contributed by atoms with van der Waals surface area (Å²) in [4.78, 5) is 19.9. The molecular formula is C17H27NO4. The zero-order chi connectivity index (χ0) is 17.8.